The van der Waals surface area contributed by atoms with Gasteiger partial charge in [0.1, 0.15) is 0 Å². The lowest BCUT2D eigenvalue weighted by Gasteiger charge is -2.24. The highest BCUT2D eigenvalue weighted by Crippen LogP contribution is 2.25. The van der Waals surface area contributed by atoms with E-state index >= 15 is 0 Å². The van der Waals surface area contributed by atoms with Crippen LogP contribution in [0.15, 0.2) is 24.3 Å². The van der Waals surface area contributed by atoms with Crippen LogP contribution in [0, 0.1) is 0 Å². The molecule has 0 aromatic heterocycles. The van der Waals surface area contributed by atoms with Gasteiger partial charge in [0.15, 0.2) is 0 Å². The minimum atomic E-state index is -2.64. The standard InChI is InChI=1S/C20H34O8S2Si2/c1-23-31(24-2,25-3)15-9-13-29-19(21)17-11-7-8-12-18(17)20(22)30-14-10-16-32(26-4,27-5)28-6/h7-8,11-12H,9-10,13-16H2,1-6H3. The molecular formula is C20H34O8S2Si2. The summed E-state index contributed by atoms with van der Waals surface area (Å²) in [5.41, 5.74) is 0.858. The summed E-state index contributed by atoms with van der Waals surface area (Å²) in [4.78, 5) is 25.5. The van der Waals surface area contributed by atoms with E-state index in [1.54, 1.807) is 66.9 Å². The first-order valence-corrected chi connectivity index (χ1v) is 15.9. The SMILES string of the molecule is CO[Si](CCCSC(=O)c1ccccc1C(=O)SCCC[Si](OC)(OC)OC)(OC)OC. The van der Waals surface area contributed by atoms with Crippen LogP contribution in [0.2, 0.25) is 12.1 Å². The van der Waals surface area contributed by atoms with E-state index in [-0.39, 0.29) is 10.2 Å². The summed E-state index contributed by atoms with van der Waals surface area (Å²) in [6.45, 7) is 0. The van der Waals surface area contributed by atoms with Crippen molar-refractivity contribution >= 4 is 51.4 Å². The highest BCUT2D eigenvalue weighted by atomic mass is 32.2. The lowest BCUT2D eigenvalue weighted by molar-refractivity contribution is 0.105. The van der Waals surface area contributed by atoms with E-state index in [1.165, 1.54) is 23.5 Å². The molecule has 182 valence electrons. The van der Waals surface area contributed by atoms with Gasteiger partial charge in [0.25, 0.3) is 0 Å². The third kappa shape index (κ3) is 8.67. The molecule has 0 amide bonds. The van der Waals surface area contributed by atoms with E-state index in [1.807, 2.05) is 0 Å². The van der Waals surface area contributed by atoms with E-state index in [2.05, 4.69) is 0 Å². The average Bonchev–Trinajstić information content (AvgIpc) is 2.85. The monoisotopic (exact) mass is 522 g/mol. The molecule has 0 saturated heterocycles. The molecule has 12 heteroatoms. The van der Waals surface area contributed by atoms with Gasteiger partial charge < -0.3 is 26.6 Å². The summed E-state index contributed by atoms with van der Waals surface area (Å²) < 4.78 is 32.4. The van der Waals surface area contributed by atoms with Crippen LogP contribution in [0.1, 0.15) is 33.6 Å². The number of hydrogen-bond donors (Lipinski definition) is 0. The highest BCUT2D eigenvalue weighted by Gasteiger charge is 2.37. The molecule has 8 nitrogen and oxygen atoms in total. The fraction of sp³-hybridized carbons (Fsp3) is 0.600. The molecule has 0 heterocycles. The van der Waals surface area contributed by atoms with Crippen LogP contribution in [0.4, 0.5) is 0 Å². The Labute approximate surface area is 201 Å². The van der Waals surface area contributed by atoms with Gasteiger partial charge in [0.05, 0.1) is 0 Å². The number of carbonyl (C=O) groups is 2. The summed E-state index contributed by atoms with van der Waals surface area (Å²) in [5.74, 6) is 1.16. The molecule has 1 rings (SSSR count). The van der Waals surface area contributed by atoms with Crippen molar-refractivity contribution in [2.45, 2.75) is 24.9 Å². The van der Waals surface area contributed by atoms with E-state index in [0.717, 1.165) is 0 Å². The van der Waals surface area contributed by atoms with Crippen LogP contribution in [0.25, 0.3) is 0 Å². The Morgan fingerprint density at radius 1 is 0.656 bits per heavy atom. The molecule has 1 aromatic rings. The molecule has 0 unspecified atom stereocenters. The number of benzene rings is 1. The van der Waals surface area contributed by atoms with Crippen molar-refractivity contribution in [3.05, 3.63) is 35.4 Å². The summed E-state index contributed by atoms with van der Waals surface area (Å²) in [7, 11) is 4.12. The van der Waals surface area contributed by atoms with Gasteiger partial charge in [-0.2, -0.15) is 0 Å². The molecule has 0 aliphatic carbocycles. The number of rotatable bonds is 16. The van der Waals surface area contributed by atoms with Gasteiger partial charge in [-0.3, -0.25) is 9.59 Å². The lowest BCUT2D eigenvalue weighted by atomic mass is 10.1. The topological polar surface area (TPSA) is 89.5 Å². The van der Waals surface area contributed by atoms with E-state index in [9.17, 15) is 9.59 Å². The zero-order chi connectivity index (χ0) is 24.0. The third-order valence-electron chi connectivity index (χ3n) is 4.95. The molecule has 0 bridgehead atoms. The molecular weight excluding hydrogens is 489 g/mol. The van der Waals surface area contributed by atoms with Crippen molar-refractivity contribution in [2.75, 3.05) is 54.2 Å². The maximum Gasteiger partial charge on any atom is 0.500 e. The first kappa shape index (κ1) is 29.5. The van der Waals surface area contributed by atoms with Gasteiger partial charge in [0, 0.05) is 77.4 Å². The fourth-order valence-corrected chi connectivity index (χ4v) is 8.59. The largest absolute Gasteiger partial charge is 0.500 e. The minimum Gasteiger partial charge on any atom is -0.377 e. The summed E-state index contributed by atoms with van der Waals surface area (Å²) in [6, 6.07) is 8.15. The Morgan fingerprint density at radius 2 is 0.969 bits per heavy atom. The Balaban J connectivity index is 2.61. The molecule has 0 spiro atoms. The van der Waals surface area contributed by atoms with Crippen LogP contribution in [-0.2, 0) is 26.6 Å². The maximum absolute atomic E-state index is 12.8. The molecule has 0 aliphatic rings. The van der Waals surface area contributed by atoms with Crippen LogP contribution < -0.4 is 0 Å². The molecule has 1 aromatic carbocycles. The molecule has 0 N–H and O–H groups in total. The zero-order valence-corrected chi connectivity index (χ0v) is 23.3. The minimum absolute atomic E-state index is 0.126. The first-order chi connectivity index (χ1) is 15.4. The molecule has 0 saturated carbocycles. The predicted octanol–water partition coefficient (Wildman–Crippen LogP) is 3.97. The third-order valence-corrected chi connectivity index (χ3v) is 12.6. The van der Waals surface area contributed by atoms with Gasteiger partial charge in [-0.05, 0) is 25.0 Å². The Bertz CT molecular complexity index is 639. The molecule has 0 atom stereocenters. The molecule has 0 fully saturated rings. The Hall–Kier alpha value is -0.546. The normalized spacial score (nSPS) is 12.2. The Morgan fingerprint density at radius 3 is 1.25 bits per heavy atom. The van der Waals surface area contributed by atoms with E-state index < -0.39 is 17.6 Å². The summed E-state index contributed by atoms with van der Waals surface area (Å²) >= 11 is 2.37. The second-order valence-corrected chi connectivity index (χ2v) is 14.9. The van der Waals surface area contributed by atoms with Crippen molar-refractivity contribution in [1.29, 1.82) is 0 Å². The van der Waals surface area contributed by atoms with Crippen LogP contribution in [-0.4, -0.2) is 82.0 Å². The quantitative estimate of drug-likeness (QED) is 0.235. The highest BCUT2D eigenvalue weighted by molar-refractivity contribution is 8.14. The zero-order valence-electron chi connectivity index (χ0n) is 19.6. The van der Waals surface area contributed by atoms with Gasteiger partial charge in [0.2, 0.25) is 10.2 Å². The number of thioether (sulfide) groups is 2. The van der Waals surface area contributed by atoms with Crippen LogP contribution >= 0.6 is 23.5 Å². The predicted molar refractivity (Wildman–Crippen MR) is 132 cm³/mol. The van der Waals surface area contributed by atoms with Crippen LogP contribution in [0.5, 0.6) is 0 Å². The van der Waals surface area contributed by atoms with E-state index in [0.29, 0.717) is 47.6 Å². The lowest BCUT2D eigenvalue weighted by Crippen LogP contribution is -2.42. The smallest absolute Gasteiger partial charge is 0.377 e. The van der Waals surface area contributed by atoms with Gasteiger partial charge in [-0.15, -0.1) is 0 Å². The van der Waals surface area contributed by atoms with Crippen molar-refractivity contribution < 1.29 is 36.1 Å². The molecule has 0 radical (unpaired) electrons. The fourth-order valence-electron chi connectivity index (χ4n) is 3.01. The number of hydrogen-bond acceptors (Lipinski definition) is 10. The van der Waals surface area contributed by atoms with Crippen LogP contribution in [0.3, 0.4) is 0 Å². The molecule has 0 aliphatic heterocycles. The second-order valence-electron chi connectivity index (χ2n) is 6.62. The van der Waals surface area contributed by atoms with E-state index in [4.69, 9.17) is 26.6 Å². The number of carbonyl (C=O) groups excluding carboxylic acids is 2. The average molecular weight is 523 g/mol. The Kier molecular flexibility index (Phi) is 14.2. The maximum atomic E-state index is 12.8. The second kappa shape index (κ2) is 15.4. The first-order valence-electron chi connectivity index (χ1n) is 10.1. The van der Waals surface area contributed by atoms with Gasteiger partial charge in [-0.25, -0.2) is 0 Å². The summed E-state index contributed by atoms with van der Waals surface area (Å²) in [6.07, 6.45) is 1.40. The summed E-state index contributed by atoms with van der Waals surface area (Å²) in [5, 5.41) is -0.253. The van der Waals surface area contributed by atoms with Crippen molar-refractivity contribution in [3.63, 3.8) is 0 Å². The van der Waals surface area contributed by atoms with Crippen molar-refractivity contribution in [3.8, 4) is 0 Å². The van der Waals surface area contributed by atoms with Gasteiger partial charge in [-0.1, -0.05) is 35.7 Å². The van der Waals surface area contributed by atoms with Crippen molar-refractivity contribution in [2.24, 2.45) is 0 Å². The molecule has 32 heavy (non-hydrogen) atoms. The van der Waals surface area contributed by atoms with Crippen molar-refractivity contribution in [1.82, 2.24) is 0 Å². The van der Waals surface area contributed by atoms with Gasteiger partial charge >= 0.3 is 17.6 Å².